The summed E-state index contributed by atoms with van der Waals surface area (Å²) in [7, 11) is 0. The zero-order valence-corrected chi connectivity index (χ0v) is 9.85. The van der Waals surface area contributed by atoms with Gasteiger partial charge in [-0.25, -0.2) is 4.98 Å². The third-order valence-electron chi connectivity index (χ3n) is 3.46. The molecule has 0 aromatic carbocycles. The number of thiazole rings is 1. The average molecular weight is 222 g/mol. The Kier molecular flexibility index (Phi) is 2.76. The summed E-state index contributed by atoms with van der Waals surface area (Å²) in [6.45, 7) is 2.23. The zero-order chi connectivity index (χ0) is 10.1. The maximum atomic E-state index is 4.53. The summed E-state index contributed by atoms with van der Waals surface area (Å²) in [5.74, 6) is 1.77. The predicted molar refractivity (Wildman–Crippen MR) is 63.1 cm³/mol. The lowest BCUT2D eigenvalue weighted by Gasteiger charge is -2.22. The second-order valence-electron chi connectivity index (χ2n) is 4.87. The van der Waals surface area contributed by atoms with Gasteiger partial charge >= 0.3 is 0 Å². The number of nitrogens with one attached hydrogen (secondary N) is 1. The molecule has 0 atom stereocenters. The molecular formula is C12H18N2S. The van der Waals surface area contributed by atoms with Crippen molar-refractivity contribution in [3.05, 3.63) is 16.1 Å². The van der Waals surface area contributed by atoms with Crippen LogP contribution in [0.5, 0.6) is 0 Å². The Morgan fingerprint density at radius 2 is 2.20 bits per heavy atom. The van der Waals surface area contributed by atoms with Crippen LogP contribution in [0.4, 0.5) is 0 Å². The highest BCUT2D eigenvalue weighted by atomic mass is 32.1. The fraction of sp³-hybridized carbons (Fsp3) is 0.750. The third kappa shape index (κ3) is 2.40. The van der Waals surface area contributed by atoms with Crippen molar-refractivity contribution in [1.29, 1.82) is 0 Å². The van der Waals surface area contributed by atoms with Gasteiger partial charge in [0, 0.05) is 23.5 Å². The SMILES string of the molecule is c1nc(C2CCC2)sc1CNCC1CC1. The van der Waals surface area contributed by atoms with E-state index in [4.69, 9.17) is 0 Å². The molecule has 1 aromatic rings. The molecule has 1 aromatic heterocycles. The van der Waals surface area contributed by atoms with Crippen molar-refractivity contribution in [3.8, 4) is 0 Å². The smallest absolute Gasteiger partial charge is 0.0959 e. The van der Waals surface area contributed by atoms with Gasteiger partial charge in [0.2, 0.25) is 0 Å². The van der Waals surface area contributed by atoms with Crippen LogP contribution in [0.25, 0.3) is 0 Å². The van der Waals surface area contributed by atoms with E-state index in [0.29, 0.717) is 0 Å². The minimum atomic E-state index is 0.798. The molecule has 0 saturated heterocycles. The number of hydrogen-bond acceptors (Lipinski definition) is 3. The molecule has 2 aliphatic rings. The Labute approximate surface area is 95.1 Å². The van der Waals surface area contributed by atoms with Gasteiger partial charge in [-0.05, 0) is 38.1 Å². The van der Waals surface area contributed by atoms with Gasteiger partial charge in [-0.15, -0.1) is 11.3 Å². The molecule has 3 rings (SSSR count). The molecule has 1 heterocycles. The van der Waals surface area contributed by atoms with E-state index in [1.807, 2.05) is 11.3 Å². The minimum Gasteiger partial charge on any atom is -0.312 e. The number of rotatable bonds is 5. The van der Waals surface area contributed by atoms with E-state index in [0.717, 1.165) is 18.4 Å². The average Bonchev–Trinajstić information content (AvgIpc) is 2.85. The molecule has 0 radical (unpaired) electrons. The van der Waals surface area contributed by atoms with E-state index < -0.39 is 0 Å². The molecule has 2 saturated carbocycles. The Bertz CT molecular complexity index is 326. The fourth-order valence-electron chi connectivity index (χ4n) is 1.97. The van der Waals surface area contributed by atoms with Gasteiger partial charge in [-0.2, -0.15) is 0 Å². The summed E-state index contributed by atoms with van der Waals surface area (Å²) in [5, 5.41) is 4.90. The summed E-state index contributed by atoms with van der Waals surface area (Å²) < 4.78 is 0. The van der Waals surface area contributed by atoms with Crippen LogP contribution in [0, 0.1) is 5.92 Å². The van der Waals surface area contributed by atoms with Gasteiger partial charge in [0.1, 0.15) is 0 Å². The van der Waals surface area contributed by atoms with E-state index in [2.05, 4.69) is 16.5 Å². The van der Waals surface area contributed by atoms with Crippen molar-refractivity contribution in [2.75, 3.05) is 6.54 Å². The quantitative estimate of drug-likeness (QED) is 0.828. The first kappa shape index (κ1) is 9.79. The molecule has 0 bridgehead atoms. The first-order valence-corrected chi connectivity index (χ1v) is 6.89. The molecule has 0 unspecified atom stereocenters. The lowest BCUT2D eigenvalue weighted by Crippen LogP contribution is -2.15. The lowest BCUT2D eigenvalue weighted by atomic mass is 9.86. The highest BCUT2D eigenvalue weighted by Crippen LogP contribution is 2.38. The highest BCUT2D eigenvalue weighted by molar-refractivity contribution is 7.11. The molecule has 3 heteroatoms. The van der Waals surface area contributed by atoms with Crippen LogP contribution in [0.15, 0.2) is 6.20 Å². The molecule has 82 valence electrons. The van der Waals surface area contributed by atoms with Gasteiger partial charge in [-0.3, -0.25) is 0 Å². The van der Waals surface area contributed by atoms with Crippen LogP contribution < -0.4 is 5.32 Å². The Hall–Kier alpha value is -0.410. The van der Waals surface area contributed by atoms with Crippen LogP contribution in [-0.4, -0.2) is 11.5 Å². The van der Waals surface area contributed by atoms with Crippen molar-refractivity contribution in [2.45, 2.75) is 44.6 Å². The van der Waals surface area contributed by atoms with Crippen LogP contribution >= 0.6 is 11.3 Å². The van der Waals surface area contributed by atoms with Crippen molar-refractivity contribution in [3.63, 3.8) is 0 Å². The van der Waals surface area contributed by atoms with Gasteiger partial charge in [0.15, 0.2) is 0 Å². The second-order valence-corrected chi connectivity index (χ2v) is 6.01. The Morgan fingerprint density at radius 1 is 1.33 bits per heavy atom. The maximum Gasteiger partial charge on any atom is 0.0959 e. The summed E-state index contributed by atoms with van der Waals surface area (Å²) in [6, 6.07) is 0. The van der Waals surface area contributed by atoms with Crippen molar-refractivity contribution < 1.29 is 0 Å². The van der Waals surface area contributed by atoms with Gasteiger partial charge in [-0.1, -0.05) is 6.42 Å². The topological polar surface area (TPSA) is 24.9 Å². The standard InChI is InChI=1S/C12H18N2S/c1-2-10(3-1)12-14-8-11(15-12)7-13-6-9-4-5-9/h8-10,13H,1-7H2. The summed E-state index contributed by atoms with van der Waals surface area (Å²) >= 11 is 1.92. The van der Waals surface area contributed by atoms with Crippen LogP contribution in [0.1, 0.15) is 47.9 Å². The van der Waals surface area contributed by atoms with Crippen molar-refractivity contribution >= 4 is 11.3 Å². The van der Waals surface area contributed by atoms with E-state index in [9.17, 15) is 0 Å². The van der Waals surface area contributed by atoms with E-state index in [1.54, 1.807) is 0 Å². The Morgan fingerprint density at radius 3 is 2.87 bits per heavy atom. The Balaban J connectivity index is 1.48. The van der Waals surface area contributed by atoms with Crippen LogP contribution in [0.3, 0.4) is 0 Å². The van der Waals surface area contributed by atoms with Crippen molar-refractivity contribution in [1.82, 2.24) is 10.3 Å². The maximum absolute atomic E-state index is 4.53. The fourth-order valence-corrected chi connectivity index (χ4v) is 3.03. The first-order valence-electron chi connectivity index (χ1n) is 6.07. The molecule has 0 spiro atoms. The van der Waals surface area contributed by atoms with Crippen molar-refractivity contribution in [2.24, 2.45) is 5.92 Å². The molecule has 2 nitrogen and oxygen atoms in total. The third-order valence-corrected chi connectivity index (χ3v) is 4.61. The van der Waals surface area contributed by atoms with E-state index >= 15 is 0 Å². The van der Waals surface area contributed by atoms with E-state index in [1.165, 1.54) is 48.5 Å². The molecule has 0 amide bonds. The largest absolute Gasteiger partial charge is 0.312 e. The monoisotopic (exact) mass is 222 g/mol. The zero-order valence-electron chi connectivity index (χ0n) is 9.04. The summed E-state index contributed by atoms with van der Waals surface area (Å²) in [4.78, 5) is 5.94. The molecule has 2 aliphatic carbocycles. The molecule has 0 aliphatic heterocycles. The van der Waals surface area contributed by atoms with Gasteiger partial charge in [0.25, 0.3) is 0 Å². The summed E-state index contributed by atoms with van der Waals surface area (Å²) in [5.41, 5.74) is 0. The second kappa shape index (κ2) is 4.22. The molecule has 15 heavy (non-hydrogen) atoms. The lowest BCUT2D eigenvalue weighted by molar-refractivity contribution is 0.418. The van der Waals surface area contributed by atoms with Gasteiger partial charge in [0.05, 0.1) is 5.01 Å². The molecule has 2 fully saturated rings. The number of hydrogen-bond donors (Lipinski definition) is 1. The number of aromatic nitrogens is 1. The number of nitrogens with zero attached hydrogens (tertiary/aromatic N) is 1. The summed E-state index contributed by atoms with van der Waals surface area (Å²) in [6.07, 6.45) is 9.06. The first-order chi connectivity index (χ1) is 7.42. The van der Waals surface area contributed by atoms with E-state index in [-0.39, 0.29) is 0 Å². The predicted octanol–water partition coefficient (Wildman–Crippen LogP) is 2.91. The molecular weight excluding hydrogens is 204 g/mol. The highest BCUT2D eigenvalue weighted by Gasteiger charge is 2.23. The molecule has 1 N–H and O–H groups in total. The minimum absolute atomic E-state index is 0.798. The van der Waals surface area contributed by atoms with Gasteiger partial charge < -0.3 is 5.32 Å². The van der Waals surface area contributed by atoms with Crippen LogP contribution in [-0.2, 0) is 6.54 Å². The van der Waals surface area contributed by atoms with Crippen LogP contribution in [0.2, 0.25) is 0 Å². The normalized spacial score (nSPS) is 21.6.